The summed E-state index contributed by atoms with van der Waals surface area (Å²) in [5, 5.41) is 14.5. The van der Waals surface area contributed by atoms with Crippen LogP contribution in [0.4, 0.5) is 0 Å². The fourth-order valence-corrected chi connectivity index (χ4v) is 5.81. The number of hydrogen-bond acceptors (Lipinski definition) is 4. The van der Waals surface area contributed by atoms with Crippen LogP contribution < -0.4 is 10.6 Å². The minimum absolute atomic E-state index is 0.0323. The monoisotopic (exact) mass is 462 g/mol. The van der Waals surface area contributed by atoms with Crippen molar-refractivity contribution in [2.45, 2.75) is 102 Å². The standard InChI is InChI=1S/C26H42N2O5/c29-24(13-8-11-19-9-4-3-5-10-19)28-18-25(30)27-17-21-20(22-15-16-23(21)33-22)12-6-1-2-7-14-26(31)32/h1,6,19-23H,2-5,7-18H2,(H,27,30)(H,28,29)(H,31,32)/b6-1-/t20-,21+,22?,23?/m1/s1. The van der Waals surface area contributed by atoms with E-state index in [-0.39, 0.29) is 37.0 Å². The lowest BCUT2D eigenvalue weighted by Crippen LogP contribution is -2.42. The molecule has 3 rings (SSSR count). The summed E-state index contributed by atoms with van der Waals surface area (Å²) < 4.78 is 6.10. The summed E-state index contributed by atoms with van der Waals surface area (Å²) in [5.74, 6) is 0.538. The van der Waals surface area contributed by atoms with Gasteiger partial charge in [0, 0.05) is 25.3 Å². The van der Waals surface area contributed by atoms with Crippen molar-refractivity contribution < 1.29 is 24.2 Å². The maximum atomic E-state index is 12.3. The van der Waals surface area contributed by atoms with Crippen LogP contribution in [0.5, 0.6) is 0 Å². The van der Waals surface area contributed by atoms with E-state index in [0.717, 1.165) is 44.4 Å². The van der Waals surface area contributed by atoms with Gasteiger partial charge >= 0.3 is 5.97 Å². The molecule has 0 aromatic heterocycles. The van der Waals surface area contributed by atoms with Gasteiger partial charge in [0.2, 0.25) is 11.8 Å². The molecule has 3 N–H and O–H groups in total. The first-order valence-electron chi connectivity index (χ1n) is 13.1. The third-order valence-electron chi connectivity index (χ3n) is 7.65. The Morgan fingerprint density at radius 2 is 1.61 bits per heavy atom. The summed E-state index contributed by atoms with van der Waals surface area (Å²) in [6.07, 6.45) is 18.5. The molecule has 186 valence electrons. The first kappa shape index (κ1) is 25.7. The van der Waals surface area contributed by atoms with Gasteiger partial charge < -0.3 is 20.5 Å². The minimum Gasteiger partial charge on any atom is -0.481 e. The number of ether oxygens (including phenoxy) is 1. The molecule has 0 spiro atoms. The Kier molecular flexibility index (Phi) is 10.7. The van der Waals surface area contributed by atoms with Gasteiger partial charge in [-0.25, -0.2) is 0 Å². The van der Waals surface area contributed by atoms with Gasteiger partial charge in [0.15, 0.2) is 0 Å². The SMILES string of the molecule is O=C(O)CCC/C=C\C[C@H]1C2CCC(O2)[C@H]1CNC(=O)CNC(=O)CCCC1CCCCC1. The van der Waals surface area contributed by atoms with Gasteiger partial charge in [-0.05, 0) is 56.8 Å². The van der Waals surface area contributed by atoms with E-state index in [9.17, 15) is 14.4 Å². The molecule has 2 aliphatic heterocycles. The van der Waals surface area contributed by atoms with Crippen LogP contribution in [0.25, 0.3) is 0 Å². The van der Waals surface area contributed by atoms with Gasteiger partial charge in [-0.15, -0.1) is 0 Å². The molecule has 4 atom stereocenters. The molecule has 7 heteroatoms. The molecule has 2 bridgehead atoms. The van der Waals surface area contributed by atoms with Crippen LogP contribution in [-0.4, -0.2) is 48.2 Å². The predicted molar refractivity (Wildman–Crippen MR) is 127 cm³/mol. The molecule has 3 fully saturated rings. The average Bonchev–Trinajstić information content (AvgIpc) is 3.41. The molecule has 1 aliphatic carbocycles. The normalized spacial score (nSPS) is 27.2. The molecule has 3 aliphatic rings. The maximum absolute atomic E-state index is 12.3. The van der Waals surface area contributed by atoms with Crippen LogP contribution in [0.3, 0.4) is 0 Å². The number of carboxylic acids is 1. The molecule has 2 unspecified atom stereocenters. The highest BCUT2D eigenvalue weighted by atomic mass is 16.5. The summed E-state index contributed by atoms with van der Waals surface area (Å²) in [7, 11) is 0. The molecule has 0 aromatic rings. The Morgan fingerprint density at radius 1 is 0.848 bits per heavy atom. The molecule has 33 heavy (non-hydrogen) atoms. The highest BCUT2D eigenvalue weighted by molar-refractivity contribution is 5.84. The number of amides is 2. The van der Waals surface area contributed by atoms with Crippen LogP contribution in [0, 0.1) is 17.8 Å². The second kappa shape index (κ2) is 13.7. The van der Waals surface area contributed by atoms with E-state index in [0.29, 0.717) is 31.2 Å². The lowest BCUT2D eigenvalue weighted by atomic mass is 9.77. The van der Waals surface area contributed by atoms with Crippen molar-refractivity contribution >= 4 is 17.8 Å². The Bertz CT molecular complexity index is 674. The number of nitrogens with one attached hydrogen (secondary N) is 2. The van der Waals surface area contributed by atoms with Crippen molar-refractivity contribution in [2.75, 3.05) is 13.1 Å². The predicted octanol–water partition coefficient (Wildman–Crippen LogP) is 3.96. The van der Waals surface area contributed by atoms with Crippen molar-refractivity contribution in [1.82, 2.24) is 10.6 Å². The number of aliphatic carboxylic acids is 1. The van der Waals surface area contributed by atoms with E-state index in [1.54, 1.807) is 0 Å². The number of fused-ring (bicyclic) bond motifs is 2. The molecule has 2 saturated heterocycles. The molecular formula is C26H42N2O5. The molecule has 2 amide bonds. The van der Waals surface area contributed by atoms with E-state index < -0.39 is 5.97 Å². The summed E-state index contributed by atoms with van der Waals surface area (Å²) >= 11 is 0. The summed E-state index contributed by atoms with van der Waals surface area (Å²) in [6, 6.07) is 0. The van der Waals surface area contributed by atoms with Crippen LogP contribution >= 0.6 is 0 Å². The Hall–Kier alpha value is -1.89. The first-order chi connectivity index (χ1) is 16.0. The Balaban J connectivity index is 1.29. The van der Waals surface area contributed by atoms with E-state index in [2.05, 4.69) is 22.8 Å². The van der Waals surface area contributed by atoms with Gasteiger partial charge in [-0.1, -0.05) is 44.3 Å². The highest BCUT2D eigenvalue weighted by Gasteiger charge is 2.47. The van der Waals surface area contributed by atoms with Crippen molar-refractivity contribution in [3.63, 3.8) is 0 Å². The third kappa shape index (κ3) is 8.76. The maximum Gasteiger partial charge on any atom is 0.303 e. The minimum atomic E-state index is -0.753. The zero-order chi connectivity index (χ0) is 23.5. The second-order valence-electron chi connectivity index (χ2n) is 10.1. The van der Waals surface area contributed by atoms with E-state index in [4.69, 9.17) is 9.84 Å². The number of carbonyl (C=O) groups excluding carboxylic acids is 2. The Labute approximate surface area is 198 Å². The average molecular weight is 463 g/mol. The smallest absolute Gasteiger partial charge is 0.303 e. The van der Waals surface area contributed by atoms with Gasteiger partial charge in [0.05, 0.1) is 18.8 Å². The fraction of sp³-hybridized carbons (Fsp3) is 0.808. The molecule has 1 saturated carbocycles. The summed E-state index contributed by atoms with van der Waals surface area (Å²) in [4.78, 5) is 35.0. The van der Waals surface area contributed by atoms with Gasteiger partial charge in [0.25, 0.3) is 0 Å². The van der Waals surface area contributed by atoms with Crippen molar-refractivity contribution in [3.8, 4) is 0 Å². The zero-order valence-electron chi connectivity index (χ0n) is 19.9. The third-order valence-corrected chi connectivity index (χ3v) is 7.65. The van der Waals surface area contributed by atoms with Crippen molar-refractivity contribution in [1.29, 1.82) is 0 Å². The zero-order valence-corrected chi connectivity index (χ0v) is 19.9. The van der Waals surface area contributed by atoms with Gasteiger partial charge in [0.1, 0.15) is 0 Å². The topological polar surface area (TPSA) is 105 Å². The fourth-order valence-electron chi connectivity index (χ4n) is 5.81. The number of rotatable bonds is 14. The Morgan fingerprint density at radius 3 is 2.36 bits per heavy atom. The largest absolute Gasteiger partial charge is 0.481 e. The number of unbranched alkanes of at least 4 members (excludes halogenated alkanes) is 1. The lowest BCUT2D eigenvalue weighted by Gasteiger charge is -2.27. The molecule has 7 nitrogen and oxygen atoms in total. The highest BCUT2D eigenvalue weighted by Crippen LogP contribution is 2.44. The van der Waals surface area contributed by atoms with Crippen LogP contribution in [0.15, 0.2) is 12.2 Å². The number of carbonyl (C=O) groups is 3. The number of carboxylic acid groups (broad SMARTS) is 1. The van der Waals surface area contributed by atoms with Crippen molar-refractivity contribution in [2.24, 2.45) is 17.8 Å². The molecular weight excluding hydrogens is 420 g/mol. The van der Waals surface area contributed by atoms with Crippen molar-refractivity contribution in [3.05, 3.63) is 12.2 Å². The molecule has 0 aromatic carbocycles. The van der Waals surface area contributed by atoms with Crippen LogP contribution in [-0.2, 0) is 19.1 Å². The summed E-state index contributed by atoms with van der Waals surface area (Å²) in [5.41, 5.74) is 0. The lowest BCUT2D eigenvalue weighted by molar-refractivity contribution is -0.137. The van der Waals surface area contributed by atoms with Crippen LogP contribution in [0.2, 0.25) is 0 Å². The quantitative estimate of drug-likeness (QED) is 0.268. The summed E-state index contributed by atoms with van der Waals surface area (Å²) in [6.45, 7) is 0.618. The molecule has 0 radical (unpaired) electrons. The van der Waals surface area contributed by atoms with E-state index >= 15 is 0 Å². The van der Waals surface area contributed by atoms with E-state index in [1.807, 2.05) is 0 Å². The number of allylic oxidation sites excluding steroid dienone is 2. The van der Waals surface area contributed by atoms with Crippen LogP contribution in [0.1, 0.15) is 89.9 Å². The number of hydrogen-bond donors (Lipinski definition) is 3. The molecule has 2 heterocycles. The van der Waals surface area contributed by atoms with E-state index in [1.165, 1.54) is 32.1 Å². The van der Waals surface area contributed by atoms with Gasteiger partial charge in [-0.3, -0.25) is 14.4 Å². The van der Waals surface area contributed by atoms with Gasteiger partial charge in [-0.2, -0.15) is 0 Å². The second-order valence-corrected chi connectivity index (χ2v) is 10.1. The first-order valence-corrected chi connectivity index (χ1v) is 13.1.